The van der Waals surface area contributed by atoms with Crippen LogP contribution in [0.1, 0.15) is 31.2 Å². The third-order valence-electron chi connectivity index (χ3n) is 2.93. The van der Waals surface area contributed by atoms with Gasteiger partial charge >= 0.3 is 0 Å². The maximum absolute atomic E-state index is 6.07. The molecule has 1 heterocycles. The number of halogens is 1. The van der Waals surface area contributed by atoms with Crippen LogP contribution in [0.15, 0.2) is 12.1 Å². The smallest absolute Gasteiger partial charge is 0.136 e. The number of hydrogen-bond donors (Lipinski definition) is 0. The molecule has 0 spiro atoms. The van der Waals surface area contributed by atoms with Gasteiger partial charge in [0.2, 0.25) is 0 Å². The summed E-state index contributed by atoms with van der Waals surface area (Å²) in [5.41, 5.74) is 3.08. The summed E-state index contributed by atoms with van der Waals surface area (Å²) in [6.45, 7) is 2.09. The molecule has 0 aromatic carbocycles. The van der Waals surface area contributed by atoms with Gasteiger partial charge in [0, 0.05) is 0 Å². The lowest BCUT2D eigenvalue weighted by atomic mass is 10.3. The van der Waals surface area contributed by atoms with E-state index in [0.29, 0.717) is 5.15 Å². The predicted octanol–water partition coefficient (Wildman–Crippen LogP) is 4.36. The molecule has 2 aliphatic rings. The van der Waals surface area contributed by atoms with Crippen molar-refractivity contribution in [2.75, 3.05) is 4.44 Å². The summed E-state index contributed by atoms with van der Waals surface area (Å²) in [7, 11) is 1.84. The Kier molecular flexibility index (Phi) is 3.57. The van der Waals surface area contributed by atoms with Gasteiger partial charge in [0.05, 0.1) is 0 Å². The van der Waals surface area contributed by atoms with Gasteiger partial charge in [-0.05, 0) is 79.1 Å². The average molecular weight is 287 g/mol. The minimum atomic E-state index is 0.631. The first-order chi connectivity index (χ1) is 8.20. The Balaban J connectivity index is 1.78. The molecule has 0 radical (unpaired) electrons. The van der Waals surface area contributed by atoms with Crippen molar-refractivity contribution in [1.82, 2.24) is 4.98 Å². The first kappa shape index (κ1) is 12.2. The van der Waals surface area contributed by atoms with Crippen LogP contribution in [0.3, 0.4) is 0 Å². The van der Waals surface area contributed by atoms with Crippen LogP contribution in [-0.4, -0.2) is 16.3 Å². The summed E-state index contributed by atoms with van der Waals surface area (Å²) in [5, 5.41) is 0.631. The third kappa shape index (κ3) is 3.53. The van der Waals surface area contributed by atoms with E-state index in [1.807, 2.05) is 6.07 Å². The SMILES string of the molecule is Cc1cc(Cl)nc(N(PC2CC2)PC2CC2)c1. The van der Waals surface area contributed by atoms with Crippen molar-refractivity contribution in [3.63, 3.8) is 0 Å². The van der Waals surface area contributed by atoms with Gasteiger partial charge < -0.3 is 4.44 Å². The van der Waals surface area contributed by atoms with E-state index in [4.69, 9.17) is 11.6 Å². The zero-order chi connectivity index (χ0) is 11.8. The second-order valence-corrected chi connectivity index (χ2v) is 8.85. The number of aryl methyl sites for hydroxylation is 1. The van der Waals surface area contributed by atoms with E-state index < -0.39 is 0 Å². The highest BCUT2D eigenvalue weighted by Gasteiger charge is 2.30. The van der Waals surface area contributed by atoms with Gasteiger partial charge in [-0.25, -0.2) is 4.98 Å². The van der Waals surface area contributed by atoms with E-state index in [1.165, 1.54) is 31.2 Å². The fourth-order valence-corrected chi connectivity index (χ4v) is 5.41. The van der Waals surface area contributed by atoms with Gasteiger partial charge in [0.1, 0.15) is 11.0 Å². The summed E-state index contributed by atoms with van der Waals surface area (Å²) in [6.07, 6.45) is 5.63. The molecule has 1 aromatic rings. The number of hydrogen-bond acceptors (Lipinski definition) is 2. The number of pyridine rings is 1. The number of rotatable bonds is 5. The Bertz CT molecular complexity index is 385. The molecule has 2 atom stereocenters. The Morgan fingerprint density at radius 2 is 1.76 bits per heavy atom. The number of nitrogens with zero attached hydrogens (tertiary/aromatic N) is 2. The van der Waals surface area contributed by atoms with Crippen LogP contribution in [0.25, 0.3) is 0 Å². The first-order valence-corrected chi connectivity index (χ1v) is 8.60. The lowest BCUT2D eigenvalue weighted by molar-refractivity contribution is 1.25. The molecule has 0 bridgehead atoms. The Morgan fingerprint density at radius 3 is 2.24 bits per heavy atom. The van der Waals surface area contributed by atoms with Crippen molar-refractivity contribution in [3.8, 4) is 0 Å². The van der Waals surface area contributed by atoms with E-state index in [2.05, 4.69) is 22.4 Å². The molecule has 1 aromatic heterocycles. The highest BCUT2D eigenvalue weighted by atomic mass is 35.5. The fourth-order valence-electron chi connectivity index (χ4n) is 1.68. The zero-order valence-electron chi connectivity index (χ0n) is 9.91. The van der Waals surface area contributed by atoms with E-state index >= 15 is 0 Å². The fraction of sp³-hybridized carbons (Fsp3) is 0.583. The highest BCUT2D eigenvalue weighted by molar-refractivity contribution is 7.60. The van der Waals surface area contributed by atoms with Gasteiger partial charge in [-0.2, -0.15) is 0 Å². The second-order valence-electron chi connectivity index (χ2n) is 4.97. The number of anilines is 1. The summed E-state index contributed by atoms with van der Waals surface area (Å²) in [5.74, 6) is 1.10. The monoisotopic (exact) mass is 286 g/mol. The molecule has 0 aliphatic heterocycles. The molecule has 2 unspecified atom stereocenters. The van der Waals surface area contributed by atoms with Gasteiger partial charge in [0.15, 0.2) is 0 Å². The maximum Gasteiger partial charge on any atom is 0.136 e. The van der Waals surface area contributed by atoms with Crippen molar-refractivity contribution in [1.29, 1.82) is 0 Å². The third-order valence-corrected chi connectivity index (χ3v) is 6.76. The number of aromatic nitrogens is 1. The van der Waals surface area contributed by atoms with Crippen LogP contribution in [0.4, 0.5) is 5.82 Å². The molecular formula is C12H17ClN2P2. The molecule has 92 valence electrons. The maximum atomic E-state index is 6.07. The second kappa shape index (κ2) is 5.00. The molecule has 17 heavy (non-hydrogen) atoms. The van der Waals surface area contributed by atoms with Crippen LogP contribution < -0.4 is 4.44 Å². The molecule has 2 saturated carbocycles. The molecule has 0 amide bonds. The summed E-state index contributed by atoms with van der Waals surface area (Å²) < 4.78 is 2.51. The van der Waals surface area contributed by atoms with Gasteiger partial charge in [-0.1, -0.05) is 11.6 Å². The van der Waals surface area contributed by atoms with Crippen LogP contribution in [0.2, 0.25) is 5.15 Å². The quantitative estimate of drug-likeness (QED) is 0.590. The lowest BCUT2D eigenvalue weighted by Gasteiger charge is -2.23. The predicted molar refractivity (Wildman–Crippen MR) is 79.1 cm³/mol. The van der Waals surface area contributed by atoms with E-state index in [-0.39, 0.29) is 0 Å². The Labute approximate surface area is 111 Å². The minimum Gasteiger partial charge on any atom is -0.319 e. The van der Waals surface area contributed by atoms with Gasteiger partial charge in [-0.15, -0.1) is 0 Å². The average Bonchev–Trinajstić information content (AvgIpc) is 3.09. The molecule has 0 saturated heterocycles. The van der Waals surface area contributed by atoms with E-state index in [0.717, 1.165) is 34.6 Å². The standard InChI is InChI=1S/C12H17ClN2P2/c1-8-6-11(13)14-12(7-8)15(16-9-2-3-9)17-10-4-5-10/h6-7,9-10,16-17H,2-5H2,1H3. The van der Waals surface area contributed by atoms with Crippen LogP contribution in [0.5, 0.6) is 0 Å². The van der Waals surface area contributed by atoms with Crippen LogP contribution in [0, 0.1) is 6.92 Å². The summed E-state index contributed by atoms with van der Waals surface area (Å²) >= 11 is 6.07. The van der Waals surface area contributed by atoms with Crippen molar-refractivity contribution >= 4 is 34.9 Å². The molecular weight excluding hydrogens is 270 g/mol. The molecule has 5 heteroatoms. The van der Waals surface area contributed by atoms with E-state index in [1.54, 1.807) is 0 Å². The van der Waals surface area contributed by atoms with Gasteiger partial charge in [0.25, 0.3) is 0 Å². The van der Waals surface area contributed by atoms with Crippen molar-refractivity contribution in [2.45, 2.75) is 43.9 Å². The van der Waals surface area contributed by atoms with E-state index in [9.17, 15) is 0 Å². The van der Waals surface area contributed by atoms with Crippen LogP contribution in [-0.2, 0) is 0 Å². The van der Waals surface area contributed by atoms with Crippen LogP contribution >= 0.6 is 29.1 Å². The molecule has 2 nitrogen and oxygen atoms in total. The largest absolute Gasteiger partial charge is 0.319 e. The minimum absolute atomic E-state index is 0.631. The summed E-state index contributed by atoms with van der Waals surface area (Å²) in [4.78, 5) is 4.50. The molecule has 0 N–H and O–H groups in total. The normalized spacial score (nSPS) is 20.8. The van der Waals surface area contributed by atoms with Crippen molar-refractivity contribution in [3.05, 3.63) is 22.8 Å². The summed E-state index contributed by atoms with van der Waals surface area (Å²) in [6, 6.07) is 4.11. The lowest BCUT2D eigenvalue weighted by Crippen LogP contribution is -2.05. The Morgan fingerprint density at radius 1 is 1.18 bits per heavy atom. The topological polar surface area (TPSA) is 16.1 Å². The Hall–Kier alpha value is 0.1000. The zero-order valence-corrected chi connectivity index (χ0v) is 12.7. The molecule has 2 fully saturated rings. The molecule has 3 rings (SSSR count). The van der Waals surface area contributed by atoms with Crippen molar-refractivity contribution < 1.29 is 0 Å². The molecule has 2 aliphatic carbocycles. The van der Waals surface area contributed by atoms with Crippen molar-refractivity contribution in [2.24, 2.45) is 0 Å². The highest BCUT2D eigenvalue weighted by Crippen LogP contribution is 2.53. The van der Waals surface area contributed by atoms with Gasteiger partial charge in [-0.3, -0.25) is 0 Å². The first-order valence-electron chi connectivity index (χ1n) is 6.17.